The number of aryl methyl sites for hydroxylation is 1. The number of rotatable bonds is 5. The summed E-state index contributed by atoms with van der Waals surface area (Å²) in [6, 6.07) is 3.92. The largest absolute Gasteiger partial charge is 0.337 e. The van der Waals surface area contributed by atoms with Crippen LogP contribution in [0.3, 0.4) is 0 Å². The lowest BCUT2D eigenvalue weighted by Crippen LogP contribution is -2.33. The third-order valence-electron chi connectivity index (χ3n) is 3.09. The van der Waals surface area contributed by atoms with E-state index in [-0.39, 0.29) is 5.91 Å². The van der Waals surface area contributed by atoms with Crippen molar-refractivity contribution in [3.63, 3.8) is 0 Å². The zero-order valence-corrected chi connectivity index (χ0v) is 11.8. The van der Waals surface area contributed by atoms with Gasteiger partial charge in [-0.3, -0.25) is 14.8 Å². The highest BCUT2D eigenvalue weighted by Crippen LogP contribution is 2.04. The first-order chi connectivity index (χ1) is 9.70. The average Bonchev–Trinajstić information content (AvgIpc) is 2.49. The van der Waals surface area contributed by atoms with Gasteiger partial charge in [0.15, 0.2) is 0 Å². The van der Waals surface area contributed by atoms with E-state index in [4.69, 9.17) is 0 Å². The maximum Gasteiger partial charge on any atom is 0.274 e. The number of hydrogen-bond donors (Lipinski definition) is 0. The van der Waals surface area contributed by atoms with E-state index < -0.39 is 0 Å². The summed E-state index contributed by atoms with van der Waals surface area (Å²) < 4.78 is 0. The van der Waals surface area contributed by atoms with Crippen LogP contribution in [0.15, 0.2) is 36.9 Å². The van der Waals surface area contributed by atoms with Gasteiger partial charge in [-0.05, 0) is 38.0 Å². The molecule has 0 saturated heterocycles. The third kappa shape index (κ3) is 3.60. The van der Waals surface area contributed by atoms with Crippen molar-refractivity contribution in [3.8, 4) is 0 Å². The van der Waals surface area contributed by atoms with E-state index in [9.17, 15) is 4.79 Å². The van der Waals surface area contributed by atoms with Crippen molar-refractivity contribution in [2.45, 2.75) is 20.3 Å². The third-order valence-corrected chi connectivity index (χ3v) is 3.09. The summed E-state index contributed by atoms with van der Waals surface area (Å²) in [7, 11) is 0. The van der Waals surface area contributed by atoms with Crippen LogP contribution in [0.2, 0.25) is 0 Å². The van der Waals surface area contributed by atoms with E-state index in [1.807, 2.05) is 26.0 Å². The molecule has 2 rings (SSSR count). The van der Waals surface area contributed by atoms with Crippen LogP contribution in [-0.2, 0) is 6.42 Å². The molecule has 0 atom stereocenters. The van der Waals surface area contributed by atoms with Crippen LogP contribution in [0.1, 0.15) is 28.7 Å². The first-order valence-electron chi connectivity index (χ1n) is 6.67. The molecule has 0 aromatic carbocycles. The van der Waals surface area contributed by atoms with Crippen LogP contribution < -0.4 is 0 Å². The molecule has 2 aromatic heterocycles. The number of carbonyl (C=O) groups is 1. The number of nitrogens with zero attached hydrogens (tertiary/aromatic N) is 4. The summed E-state index contributed by atoms with van der Waals surface area (Å²) in [5.41, 5.74) is 2.37. The van der Waals surface area contributed by atoms with Crippen LogP contribution >= 0.6 is 0 Å². The Balaban J connectivity index is 2.00. The van der Waals surface area contributed by atoms with Crippen LogP contribution in [-0.4, -0.2) is 38.8 Å². The van der Waals surface area contributed by atoms with Gasteiger partial charge in [-0.1, -0.05) is 0 Å². The van der Waals surface area contributed by atoms with E-state index >= 15 is 0 Å². The fourth-order valence-electron chi connectivity index (χ4n) is 1.88. The Morgan fingerprint density at radius 3 is 2.55 bits per heavy atom. The average molecular weight is 270 g/mol. The van der Waals surface area contributed by atoms with Gasteiger partial charge in [0.05, 0.1) is 11.9 Å². The van der Waals surface area contributed by atoms with E-state index in [1.165, 1.54) is 11.8 Å². The summed E-state index contributed by atoms with van der Waals surface area (Å²) in [4.78, 5) is 26.3. The molecule has 0 bridgehead atoms. The number of hydrogen-bond acceptors (Lipinski definition) is 4. The molecule has 0 aliphatic carbocycles. The molecule has 0 aliphatic heterocycles. The first-order valence-corrected chi connectivity index (χ1v) is 6.67. The highest BCUT2D eigenvalue weighted by atomic mass is 16.2. The summed E-state index contributed by atoms with van der Waals surface area (Å²) >= 11 is 0. The highest BCUT2D eigenvalue weighted by molar-refractivity contribution is 5.91. The monoisotopic (exact) mass is 270 g/mol. The maximum atomic E-state index is 12.3. The molecule has 0 spiro atoms. The van der Waals surface area contributed by atoms with Crippen molar-refractivity contribution in [1.29, 1.82) is 0 Å². The molecular formula is C15H18N4O. The number of aromatic nitrogens is 3. The van der Waals surface area contributed by atoms with Crippen molar-refractivity contribution in [2.75, 3.05) is 13.1 Å². The van der Waals surface area contributed by atoms with Gasteiger partial charge >= 0.3 is 0 Å². The smallest absolute Gasteiger partial charge is 0.274 e. The second-order valence-electron chi connectivity index (χ2n) is 4.53. The van der Waals surface area contributed by atoms with Crippen LogP contribution in [0.5, 0.6) is 0 Å². The first kappa shape index (κ1) is 14.1. The second kappa shape index (κ2) is 6.75. The molecule has 0 N–H and O–H groups in total. The molecule has 0 fully saturated rings. The molecule has 0 saturated carbocycles. The molecule has 2 heterocycles. The maximum absolute atomic E-state index is 12.3. The Morgan fingerprint density at radius 1 is 1.20 bits per heavy atom. The Labute approximate surface area is 118 Å². The fourth-order valence-corrected chi connectivity index (χ4v) is 1.88. The van der Waals surface area contributed by atoms with E-state index in [2.05, 4.69) is 15.0 Å². The molecule has 5 heteroatoms. The Morgan fingerprint density at radius 2 is 1.95 bits per heavy atom. The molecule has 5 nitrogen and oxygen atoms in total. The van der Waals surface area contributed by atoms with Crippen LogP contribution in [0, 0.1) is 6.92 Å². The summed E-state index contributed by atoms with van der Waals surface area (Å²) in [5, 5.41) is 0. The van der Waals surface area contributed by atoms with Gasteiger partial charge < -0.3 is 4.90 Å². The lowest BCUT2D eigenvalue weighted by Gasteiger charge is -2.20. The lowest BCUT2D eigenvalue weighted by molar-refractivity contribution is 0.0760. The van der Waals surface area contributed by atoms with E-state index in [0.717, 1.165) is 12.1 Å². The summed E-state index contributed by atoms with van der Waals surface area (Å²) in [6.45, 7) is 5.13. The van der Waals surface area contributed by atoms with Crippen LogP contribution in [0.4, 0.5) is 0 Å². The van der Waals surface area contributed by atoms with Crippen LogP contribution in [0.25, 0.3) is 0 Å². The normalized spacial score (nSPS) is 10.3. The van der Waals surface area contributed by atoms with Crippen molar-refractivity contribution in [2.24, 2.45) is 0 Å². The molecule has 0 radical (unpaired) electrons. The van der Waals surface area contributed by atoms with E-state index in [0.29, 0.717) is 18.8 Å². The molecule has 2 aromatic rings. The molecular weight excluding hydrogens is 252 g/mol. The van der Waals surface area contributed by atoms with E-state index in [1.54, 1.807) is 23.5 Å². The zero-order chi connectivity index (χ0) is 14.4. The Kier molecular flexibility index (Phi) is 4.76. The number of carbonyl (C=O) groups excluding carboxylic acids is 1. The van der Waals surface area contributed by atoms with Crippen molar-refractivity contribution in [1.82, 2.24) is 19.9 Å². The molecule has 20 heavy (non-hydrogen) atoms. The minimum Gasteiger partial charge on any atom is -0.337 e. The van der Waals surface area contributed by atoms with Gasteiger partial charge in [0.1, 0.15) is 5.69 Å². The highest BCUT2D eigenvalue weighted by Gasteiger charge is 2.15. The van der Waals surface area contributed by atoms with Crippen molar-refractivity contribution in [3.05, 3.63) is 53.9 Å². The quantitative estimate of drug-likeness (QED) is 0.832. The zero-order valence-electron chi connectivity index (χ0n) is 11.8. The molecule has 0 unspecified atom stereocenters. The minimum absolute atomic E-state index is 0.0749. The van der Waals surface area contributed by atoms with Gasteiger partial charge in [0.2, 0.25) is 0 Å². The number of pyridine rings is 1. The Hall–Kier alpha value is -2.30. The molecule has 1 amide bonds. The van der Waals surface area contributed by atoms with Gasteiger partial charge in [-0.2, -0.15) is 0 Å². The van der Waals surface area contributed by atoms with Gasteiger partial charge in [-0.15, -0.1) is 0 Å². The summed E-state index contributed by atoms with van der Waals surface area (Å²) in [5.74, 6) is -0.0749. The van der Waals surface area contributed by atoms with Gasteiger partial charge in [-0.25, -0.2) is 4.98 Å². The second-order valence-corrected chi connectivity index (χ2v) is 4.53. The van der Waals surface area contributed by atoms with Crippen molar-refractivity contribution < 1.29 is 4.79 Å². The standard InChI is InChI=1S/C15H18N4O/c1-3-19(9-6-13-4-7-16-8-5-13)15(20)14-11-17-12(2)10-18-14/h4-5,7-8,10-11H,3,6,9H2,1-2H3. The minimum atomic E-state index is -0.0749. The topological polar surface area (TPSA) is 59.0 Å². The SMILES string of the molecule is CCN(CCc1ccncc1)C(=O)c1cnc(C)cn1. The molecule has 104 valence electrons. The predicted molar refractivity (Wildman–Crippen MR) is 76.3 cm³/mol. The van der Waals surface area contributed by atoms with Gasteiger partial charge in [0.25, 0.3) is 5.91 Å². The fraction of sp³-hybridized carbons (Fsp3) is 0.333. The predicted octanol–water partition coefficient (Wildman–Crippen LogP) is 1.88. The number of likely N-dealkylation sites (N-methyl/N-ethyl adjacent to an activating group) is 1. The van der Waals surface area contributed by atoms with Gasteiger partial charge in [0, 0.05) is 31.7 Å². The summed E-state index contributed by atoms with van der Waals surface area (Å²) in [6.07, 6.45) is 7.48. The molecule has 0 aliphatic rings. The Bertz CT molecular complexity index is 554. The number of amides is 1. The van der Waals surface area contributed by atoms with Crippen molar-refractivity contribution >= 4 is 5.91 Å². The lowest BCUT2D eigenvalue weighted by atomic mass is 10.2.